The van der Waals surface area contributed by atoms with E-state index in [1.807, 2.05) is 0 Å². The van der Waals surface area contributed by atoms with Crippen LogP contribution in [-0.4, -0.2) is 18.2 Å². The van der Waals surface area contributed by atoms with Crippen LogP contribution in [0, 0.1) is 0 Å². The number of benzene rings is 1. The predicted molar refractivity (Wildman–Crippen MR) is 58.4 cm³/mol. The highest BCUT2D eigenvalue weighted by Gasteiger charge is 2.18. The summed E-state index contributed by atoms with van der Waals surface area (Å²) in [4.78, 5) is 2.10. The van der Waals surface area contributed by atoms with Crippen LogP contribution >= 0.6 is 0 Å². The third-order valence-electron chi connectivity index (χ3n) is 2.56. The lowest BCUT2D eigenvalue weighted by Gasteiger charge is -2.21. The van der Waals surface area contributed by atoms with Crippen LogP contribution in [0.4, 0.5) is 17.1 Å². The molecule has 0 bridgehead atoms. The van der Waals surface area contributed by atoms with Gasteiger partial charge in [-0.15, -0.1) is 0 Å². The quantitative estimate of drug-likeness (QED) is 0.585. The lowest BCUT2D eigenvalue weighted by molar-refractivity contribution is 0.475. The predicted octanol–water partition coefficient (Wildman–Crippen LogP) is 1.16. The molecule has 0 aliphatic carbocycles. The van der Waals surface area contributed by atoms with Gasteiger partial charge >= 0.3 is 0 Å². The molecule has 0 unspecified atom stereocenters. The van der Waals surface area contributed by atoms with Gasteiger partial charge in [0.05, 0.1) is 5.69 Å². The second kappa shape index (κ2) is 3.29. The van der Waals surface area contributed by atoms with Crippen LogP contribution in [0.25, 0.3) is 0 Å². The molecule has 0 atom stereocenters. The van der Waals surface area contributed by atoms with E-state index in [1.54, 1.807) is 12.1 Å². The highest BCUT2D eigenvalue weighted by atomic mass is 16.3. The van der Waals surface area contributed by atoms with E-state index < -0.39 is 0 Å². The van der Waals surface area contributed by atoms with Crippen molar-refractivity contribution < 1.29 is 5.11 Å². The molecule has 0 spiro atoms. The second-order valence-electron chi connectivity index (χ2n) is 3.67. The topological polar surface area (TPSA) is 75.5 Å². The first-order chi connectivity index (χ1) is 6.68. The zero-order valence-electron chi connectivity index (χ0n) is 8.03. The van der Waals surface area contributed by atoms with Crippen LogP contribution in [0.5, 0.6) is 5.75 Å². The van der Waals surface area contributed by atoms with E-state index in [4.69, 9.17) is 11.5 Å². The van der Waals surface area contributed by atoms with E-state index in [1.165, 1.54) is 0 Å². The summed E-state index contributed by atoms with van der Waals surface area (Å²) >= 11 is 0. The van der Waals surface area contributed by atoms with Gasteiger partial charge in [0.2, 0.25) is 0 Å². The van der Waals surface area contributed by atoms with Crippen molar-refractivity contribution in [2.75, 3.05) is 29.5 Å². The number of nitrogen functional groups attached to an aromatic ring is 2. The number of phenolic OH excluding ortho intramolecular Hbond substituents is 1. The van der Waals surface area contributed by atoms with Crippen molar-refractivity contribution in [1.29, 1.82) is 0 Å². The van der Waals surface area contributed by atoms with E-state index in [0.717, 1.165) is 31.6 Å². The molecule has 5 N–H and O–H groups in total. The number of aromatic hydroxyl groups is 1. The molecule has 1 aromatic rings. The van der Waals surface area contributed by atoms with Crippen molar-refractivity contribution in [2.24, 2.45) is 0 Å². The monoisotopic (exact) mass is 193 g/mol. The van der Waals surface area contributed by atoms with Gasteiger partial charge in [-0.3, -0.25) is 0 Å². The fraction of sp³-hybridized carbons (Fsp3) is 0.400. The molecule has 14 heavy (non-hydrogen) atoms. The maximum atomic E-state index is 9.73. The summed E-state index contributed by atoms with van der Waals surface area (Å²) in [6.07, 6.45) is 2.31. The van der Waals surface area contributed by atoms with E-state index in [2.05, 4.69) is 4.90 Å². The Morgan fingerprint density at radius 3 is 2.36 bits per heavy atom. The number of rotatable bonds is 1. The molecule has 0 aromatic heterocycles. The highest BCUT2D eigenvalue weighted by molar-refractivity contribution is 5.78. The summed E-state index contributed by atoms with van der Waals surface area (Å²) in [6, 6.07) is 3.23. The fourth-order valence-corrected chi connectivity index (χ4v) is 1.95. The van der Waals surface area contributed by atoms with Gasteiger partial charge in [-0.25, -0.2) is 0 Å². The van der Waals surface area contributed by atoms with Gasteiger partial charge in [-0.1, -0.05) is 0 Å². The molecule has 1 saturated heterocycles. The van der Waals surface area contributed by atoms with E-state index in [0.29, 0.717) is 11.4 Å². The molecule has 0 radical (unpaired) electrons. The lowest BCUT2D eigenvalue weighted by Crippen LogP contribution is -2.19. The van der Waals surface area contributed by atoms with Gasteiger partial charge in [-0.05, 0) is 18.9 Å². The Kier molecular flexibility index (Phi) is 2.11. The van der Waals surface area contributed by atoms with Gasteiger partial charge in [0.15, 0.2) is 0 Å². The lowest BCUT2D eigenvalue weighted by atomic mass is 10.2. The molecule has 76 valence electrons. The van der Waals surface area contributed by atoms with Crippen LogP contribution < -0.4 is 16.4 Å². The maximum absolute atomic E-state index is 9.73. The minimum Gasteiger partial charge on any atom is -0.506 e. The third kappa shape index (κ3) is 1.43. The van der Waals surface area contributed by atoms with E-state index >= 15 is 0 Å². The average molecular weight is 193 g/mol. The molecule has 1 heterocycles. The Bertz CT molecular complexity index is 322. The Hall–Kier alpha value is -1.58. The number of nitrogens with zero attached hydrogens (tertiary/aromatic N) is 1. The molecule has 4 nitrogen and oxygen atoms in total. The van der Waals surface area contributed by atoms with Crippen LogP contribution in [0.3, 0.4) is 0 Å². The fourth-order valence-electron chi connectivity index (χ4n) is 1.95. The second-order valence-corrected chi connectivity index (χ2v) is 3.67. The molecular weight excluding hydrogens is 178 g/mol. The van der Waals surface area contributed by atoms with Gasteiger partial charge in [0.25, 0.3) is 0 Å². The zero-order valence-corrected chi connectivity index (χ0v) is 8.03. The summed E-state index contributed by atoms with van der Waals surface area (Å²) < 4.78 is 0. The van der Waals surface area contributed by atoms with Gasteiger partial charge < -0.3 is 21.5 Å². The smallest absolute Gasteiger partial charge is 0.143 e. The van der Waals surface area contributed by atoms with Crippen molar-refractivity contribution in [3.63, 3.8) is 0 Å². The molecule has 1 aliphatic rings. The Morgan fingerprint density at radius 2 is 1.79 bits per heavy atom. The first-order valence-corrected chi connectivity index (χ1v) is 4.81. The van der Waals surface area contributed by atoms with E-state index in [9.17, 15) is 5.11 Å². The zero-order chi connectivity index (χ0) is 10.1. The minimum absolute atomic E-state index is 0.185. The summed E-state index contributed by atoms with van der Waals surface area (Å²) in [5.74, 6) is 0.185. The first kappa shape index (κ1) is 8.99. The number of hydrogen-bond acceptors (Lipinski definition) is 4. The van der Waals surface area contributed by atoms with Crippen molar-refractivity contribution in [3.05, 3.63) is 12.1 Å². The van der Waals surface area contributed by atoms with Crippen molar-refractivity contribution in [2.45, 2.75) is 12.8 Å². The normalized spacial score (nSPS) is 16.1. The van der Waals surface area contributed by atoms with Crippen molar-refractivity contribution in [1.82, 2.24) is 0 Å². The molecule has 1 fully saturated rings. The molecule has 1 aromatic carbocycles. The van der Waals surface area contributed by atoms with Crippen LogP contribution in [0.15, 0.2) is 12.1 Å². The first-order valence-electron chi connectivity index (χ1n) is 4.81. The molecule has 0 amide bonds. The molecular formula is C10H15N3O. The molecule has 0 saturated carbocycles. The third-order valence-corrected chi connectivity index (χ3v) is 2.56. The molecule has 1 aliphatic heterocycles. The van der Waals surface area contributed by atoms with Crippen LogP contribution in [0.1, 0.15) is 12.8 Å². The summed E-state index contributed by atoms with van der Waals surface area (Å²) in [7, 11) is 0. The van der Waals surface area contributed by atoms with Crippen LogP contribution in [-0.2, 0) is 0 Å². The van der Waals surface area contributed by atoms with Gasteiger partial charge in [0, 0.05) is 24.8 Å². The standard InChI is InChI=1S/C10H15N3O/c11-7-5-8(12)10(9(14)6-7)13-3-1-2-4-13/h5-6,14H,1-4,11-12H2. The Labute approximate surface area is 83.1 Å². The Balaban J connectivity index is 2.40. The van der Waals surface area contributed by atoms with E-state index in [-0.39, 0.29) is 5.75 Å². The summed E-state index contributed by atoms with van der Waals surface area (Å²) in [6.45, 7) is 1.92. The highest BCUT2D eigenvalue weighted by Crippen LogP contribution is 2.37. The minimum atomic E-state index is 0.185. The average Bonchev–Trinajstić information content (AvgIpc) is 2.54. The molecule has 2 rings (SSSR count). The Morgan fingerprint density at radius 1 is 1.14 bits per heavy atom. The number of phenols is 1. The van der Waals surface area contributed by atoms with Crippen molar-refractivity contribution in [3.8, 4) is 5.75 Å². The number of nitrogens with two attached hydrogens (primary N) is 2. The van der Waals surface area contributed by atoms with Gasteiger partial charge in [-0.2, -0.15) is 0 Å². The SMILES string of the molecule is Nc1cc(N)c(N2CCCC2)c(O)c1. The van der Waals surface area contributed by atoms with Crippen molar-refractivity contribution >= 4 is 17.1 Å². The van der Waals surface area contributed by atoms with Crippen LogP contribution in [0.2, 0.25) is 0 Å². The summed E-state index contributed by atoms with van der Waals surface area (Å²) in [5, 5.41) is 9.73. The number of hydrogen-bond donors (Lipinski definition) is 3. The summed E-state index contributed by atoms with van der Waals surface area (Å²) in [5.41, 5.74) is 13.2. The van der Waals surface area contributed by atoms with Gasteiger partial charge in [0.1, 0.15) is 11.4 Å². The maximum Gasteiger partial charge on any atom is 0.143 e. The largest absolute Gasteiger partial charge is 0.506 e. The number of anilines is 3. The molecule has 4 heteroatoms.